The highest BCUT2D eigenvalue weighted by Crippen LogP contribution is 2.36. The molecular weight excluding hydrogens is 434 g/mol. The smallest absolute Gasteiger partial charge is 0.408 e. The largest absolute Gasteiger partial charge is 0.444 e. The molecule has 0 aromatic heterocycles. The van der Waals surface area contributed by atoms with E-state index in [1.54, 1.807) is 32.6 Å². The molecule has 8 heteroatoms. The zero-order chi connectivity index (χ0) is 24.9. The minimum absolute atomic E-state index is 0.0178. The van der Waals surface area contributed by atoms with Crippen LogP contribution < -0.4 is 10.6 Å². The summed E-state index contributed by atoms with van der Waals surface area (Å²) in [6.45, 7) is 7.65. The predicted octanol–water partition coefficient (Wildman–Crippen LogP) is 3.65. The molecule has 3 fully saturated rings. The highest BCUT2D eigenvalue weighted by Gasteiger charge is 2.49. The van der Waals surface area contributed by atoms with Gasteiger partial charge in [0.15, 0.2) is 6.10 Å². The van der Waals surface area contributed by atoms with Gasteiger partial charge in [-0.3, -0.25) is 9.59 Å². The molecule has 3 aliphatic rings. The molecule has 194 valence electrons. The molecule has 2 saturated carbocycles. The van der Waals surface area contributed by atoms with Crippen molar-refractivity contribution >= 4 is 17.9 Å². The minimum Gasteiger partial charge on any atom is -0.444 e. The molecule has 3 N–H and O–H groups in total. The zero-order valence-corrected chi connectivity index (χ0v) is 21.5. The first-order chi connectivity index (χ1) is 16.0. The first-order valence-corrected chi connectivity index (χ1v) is 13.3. The highest BCUT2D eigenvalue weighted by molar-refractivity contribution is 5.91. The summed E-state index contributed by atoms with van der Waals surface area (Å²) in [5.41, 5.74) is -1.82. The Balaban J connectivity index is 1.75. The van der Waals surface area contributed by atoms with Crippen molar-refractivity contribution in [1.82, 2.24) is 15.5 Å². The fourth-order valence-electron chi connectivity index (χ4n) is 5.91. The van der Waals surface area contributed by atoms with Crippen molar-refractivity contribution in [2.45, 2.75) is 134 Å². The predicted molar refractivity (Wildman–Crippen MR) is 130 cm³/mol. The van der Waals surface area contributed by atoms with E-state index in [1.165, 1.54) is 6.42 Å². The number of carbonyl (C=O) groups excluding carboxylic acids is 3. The number of likely N-dealkylation sites (tertiary alicyclic amines) is 1. The van der Waals surface area contributed by atoms with Gasteiger partial charge in [0.2, 0.25) is 5.91 Å². The van der Waals surface area contributed by atoms with E-state index in [-0.39, 0.29) is 17.9 Å². The Kier molecular flexibility index (Phi) is 8.87. The average molecular weight is 480 g/mol. The van der Waals surface area contributed by atoms with Crippen molar-refractivity contribution < 1.29 is 24.2 Å². The molecule has 1 heterocycles. The maximum Gasteiger partial charge on any atom is 0.408 e. The van der Waals surface area contributed by atoms with Gasteiger partial charge in [-0.1, -0.05) is 38.5 Å². The molecule has 1 aliphatic heterocycles. The molecule has 3 atom stereocenters. The van der Waals surface area contributed by atoms with E-state index in [9.17, 15) is 19.5 Å². The topological polar surface area (TPSA) is 108 Å². The summed E-state index contributed by atoms with van der Waals surface area (Å²) in [6, 6.07) is -0.484. The van der Waals surface area contributed by atoms with Gasteiger partial charge in [-0.25, -0.2) is 4.79 Å². The summed E-state index contributed by atoms with van der Waals surface area (Å²) < 4.78 is 5.50. The molecule has 0 spiro atoms. The number of amides is 3. The second-order valence-corrected chi connectivity index (χ2v) is 11.7. The number of alkyl carbamates (subject to hydrolysis) is 1. The third kappa shape index (κ3) is 6.64. The number of ether oxygens (including phenoxy) is 1. The van der Waals surface area contributed by atoms with Gasteiger partial charge >= 0.3 is 6.09 Å². The van der Waals surface area contributed by atoms with Crippen molar-refractivity contribution in [3.05, 3.63) is 0 Å². The van der Waals surface area contributed by atoms with Crippen molar-refractivity contribution in [2.24, 2.45) is 5.92 Å². The number of aliphatic hydroxyl groups excluding tert-OH is 1. The normalized spacial score (nSPS) is 25.3. The fourth-order valence-corrected chi connectivity index (χ4v) is 5.91. The number of hydrogen-bond acceptors (Lipinski definition) is 5. The molecule has 2 unspecified atom stereocenters. The summed E-state index contributed by atoms with van der Waals surface area (Å²) in [5.74, 6) is -0.635. The van der Waals surface area contributed by atoms with Crippen molar-refractivity contribution in [2.75, 3.05) is 6.54 Å². The minimum atomic E-state index is -1.27. The molecule has 0 aromatic rings. The van der Waals surface area contributed by atoms with Crippen molar-refractivity contribution in [3.63, 3.8) is 0 Å². The van der Waals surface area contributed by atoms with E-state index in [0.717, 1.165) is 64.2 Å². The van der Waals surface area contributed by atoms with Crippen LogP contribution in [-0.2, 0) is 14.3 Å². The van der Waals surface area contributed by atoms with Crippen LogP contribution >= 0.6 is 0 Å². The van der Waals surface area contributed by atoms with Gasteiger partial charge in [0.25, 0.3) is 5.91 Å². The van der Waals surface area contributed by atoms with Gasteiger partial charge in [0, 0.05) is 12.6 Å². The molecule has 3 amide bonds. The molecule has 3 rings (SSSR count). The van der Waals surface area contributed by atoms with E-state index in [0.29, 0.717) is 13.0 Å². The van der Waals surface area contributed by atoms with Crippen LogP contribution in [0.1, 0.15) is 105 Å². The maximum atomic E-state index is 14.0. The van der Waals surface area contributed by atoms with Crippen molar-refractivity contribution in [3.8, 4) is 0 Å². The molecule has 34 heavy (non-hydrogen) atoms. The first-order valence-electron chi connectivity index (χ1n) is 13.3. The lowest BCUT2D eigenvalue weighted by atomic mass is 9.74. The van der Waals surface area contributed by atoms with Gasteiger partial charge < -0.3 is 25.4 Å². The van der Waals surface area contributed by atoms with Crippen LogP contribution in [0.15, 0.2) is 0 Å². The Hall–Kier alpha value is -1.83. The van der Waals surface area contributed by atoms with Crippen LogP contribution in [0.3, 0.4) is 0 Å². The number of hydrogen-bond donors (Lipinski definition) is 3. The molecule has 8 nitrogen and oxygen atoms in total. The van der Waals surface area contributed by atoms with Crippen LogP contribution in [0.25, 0.3) is 0 Å². The van der Waals surface area contributed by atoms with Gasteiger partial charge in [0.05, 0.1) is 6.04 Å². The van der Waals surface area contributed by atoms with Crippen LogP contribution in [0.5, 0.6) is 0 Å². The van der Waals surface area contributed by atoms with E-state index < -0.39 is 35.3 Å². The monoisotopic (exact) mass is 479 g/mol. The third-order valence-corrected chi connectivity index (χ3v) is 7.77. The fraction of sp³-hybridized carbons (Fsp3) is 0.885. The van der Waals surface area contributed by atoms with Crippen LogP contribution in [0.4, 0.5) is 4.79 Å². The van der Waals surface area contributed by atoms with Crippen LogP contribution in [-0.4, -0.2) is 63.8 Å². The van der Waals surface area contributed by atoms with Gasteiger partial charge in [-0.05, 0) is 72.1 Å². The van der Waals surface area contributed by atoms with E-state index in [1.807, 2.05) is 0 Å². The van der Waals surface area contributed by atoms with Gasteiger partial charge in [-0.15, -0.1) is 0 Å². The molecule has 1 saturated heterocycles. The lowest BCUT2D eigenvalue weighted by Gasteiger charge is -2.43. The van der Waals surface area contributed by atoms with Gasteiger partial charge in [0.1, 0.15) is 11.1 Å². The SMILES string of the molecule is CC(C)(C)OC(=O)N[C@@](C)(C(=O)N1CCCC1C(O)C(=O)NC1CCCCC1)C1CCCCC1. The lowest BCUT2D eigenvalue weighted by molar-refractivity contribution is -0.146. The summed E-state index contributed by atoms with van der Waals surface area (Å²) in [4.78, 5) is 41.3. The zero-order valence-electron chi connectivity index (χ0n) is 21.5. The summed E-state index contributed by atoms with van der Waals surface area (Å²) >= 11 is 0. The molecular formula is C26H45N3O5. The second-order valence-electron chi connectivity index (χ2n) is 11.7. The number of nitrogens with one attached hydrogen (secondary N) is 2. The van der Waals surface area contributed by atoms with Crippen LogP contribution in [0.2, 0.25) is 0 Å². The number of nitrogens with zero attached hydrogens (tertiary/aromatic N) is 1. The van der Waals surface area contributed by atoms with E-state index in [4.69, 9.17) is 4.74 Å². The number of carbonyl (C=O) groups is 3. The van der Waals surface area contributed by atoms with Crippen LogP contribution in [0, 0.1) is 5.92 Å². The number of aliphatic hydroxyl groups is 1. The Bertz CT molecular complexity index is 724. The lowest BCUT2D eigenvalue weighted by Crippen LogP contribution is -2.64. The first kappa shape index (κ1) is 26.8. The molecule has 0 radical (unpaired) electrons. The molecule has 0 aromatic carbocycles. The summed E-state index contributed by atoms with van der Waals surface area (Å²) in [7, 11) is 0. The Labute approximate surface area is 204 Å². The average Bonchev–Trinajstić information content (AvgIpc) is 3.27. The Morgan fingerprint density at radius 3 is 2.06 bits per heavy atom. The summed E-state index contributed by atoms with van der Waals surface area (Å²) in [5, 5.41) is 16.9. The molecule has 2 aliphatic carbocycles. The van der Waals surface area contributed by atoms with Gasteiger partial charge in [-0.2, -0.15) is 0 Å². The number of rotatable bonds is 6. The van der Waals surface area contributed by atoms with Crippen molar-refractivity contribution in [1.29, 1.82) is 0 Å². The van der Waals surface area contributed by atoms with E-state index >= 15 is 0 Å². The quantitative estimate of drug-likeness (QED) is 0.539. The standard InChI is InChI=1S/C26H45N3O5/c1-25(2,3)34-24(33)28-26(4,18-12-7-5-8-13-18)23(32)29-17-11-16-20(29)21(30)22(31)27-19-14-9-6-10-15-19/h18-21,30H,5-17H2,1-4H3,(H,27,31)(H,28,33)/t20?,21?,26-/m1/s1. The molecule has 0 bridgehead atoms. The van der Waals surface area contributed by atoms with E-state index in [2.05, 4.69) is 10.6 Å². The summed E-state index contributed by atoms with van der Waals surface area (Å²) in [6.07, 6.45) is 9.49. The Morgan fingerprint density at radius 1 is 0.882 bits per heavy atom. The maximum absolute atomic E-state index is 14.0. The highest BCUT2D eigenvalue weighted by atomic mass is 16.6. The second kappa shape index (κ2) is 11.3. The third-order valence-electron chi connectivity index (χ3n) is 7.77. The Morgan fingerprint density at radius 2 is 1.47 bits per heavy atom.